The highest BCUT2D eigenvalue weighted by atomic mass is 32.1. The summed E-state index contributed by atoms with van der Waals surface area (Å²) in [5, 5.41) is 5.51. The second-order valence-electron chi connectivity index (χ2n) is 6.09. The number of cyclic esters (lactones) is 1. The Balaban J connectivity index is 1.57. The maximum Gasteiger partial charge on any atom is 0.410 e. The Kier molecular flexibility index (Phi) is 5.09. The third kappa shape index (κ3) is 3.46. The number of piperidine rings is 1. The fraction of sp³-hybridized carbons (Fsp3) is 0.733. The summed E-state index contributed by atoms with van der Waals surface area (Å²) in [5.41, 5.74) is 0.412. The minimum absolute atomic E-state index is 0.0660. The summed E-state index contributed by atoms with van der Waals surface area (Å²) in [5.74, 6) is -0.0660. The van der Waals surface area contributed by atoms with E-state index in [-0.39, 0.29) is 24.1 Å². The molecule has 2 aliphatic heterocycles. The number of unbranched alkanes of at least 4 members (excludes halogenated alkanes) is 1. The molecule has 1 atom stereocenters. The predicted octanol–water partition coefficient (Wildman–Crippen LogP) is 2.15. The van der Waals surface area contributed by atoms with Crippen molar-refractivity contribution < 1.29 is 14.3 Å². The molecule has 8 heteroatoms. The Morgan fingerprint density at radius 1 is 1.43 bits per heavy atom. The molecule has 0 radical (unpaired) electrons. The molecular formula is C15H22N4O3S. The Hall–Kier alpha value is -1.70. The monoisotopic (exact) mass is 338 g/mol. The molecule has 0 aliphatic carbocycles. The van der Waals surface area contributed by atoms with E-state index in [0.717, 1.165) is 32.1 Å². The molecule has 2 aliphatic rings. The number of hydrogen-bond acceptors (Lipinski definition) is 6. The first-order chi connectivity index (χ1) is 11.2. The lowest BCUT2D eigenvalue weighted by molar-refractivity contribution is 0.0628. The highest BCUT2D eigenvalue weighted by molar-refractivity contribution is 7.03. The highest BCUT2D eigenvalue weighted by Gasteiger charge is 2.39. The lowest BCUT2D eigenvalue weighted by Crippen LogP contribution is -2.49. The summed E-state index contributed by atoms with van der Waals surface area (Å²) in [6, 6.07) is 0.363. The second-order valence-corrected chi connectivity index (χ2v) is 6.70. The van der Waals surface area contributed by atoms with Crippen LogP contribution in [-0.4, -0.2) is 63.2 Å². The molecule has 3 rings (SSSR count). The van der Waals surface area contributed by atoms with E-state index < -0.39 is 0 Å². The van der Waals surface area contributed by atoms with Crippen LogP contribution in [-0.2, 0) is 4.74 Å². The van der Waals surface area contributed by atoms with E-state index in [1.807, 2.05) is 4.90 Å². The molecule has 1 aromatic rings. The van der Waals surface area contributed by atoms with Crippen LogP contribution in [0.1, 0.15) is 49.5 Å². The molecule has 2 fully saturated rings. The number of hydrogen-bond donors (Lipinski definition) is 0. The van der Waals surface area contributed by atoms with E-state index in [4.69, 9.17) is 4.74 Å². The molecule has 0 bridgehead atoms. The number of amides is 2. The average Bonchev–Trinajstić information content (AvgIpc) is 3.22. The van der Waals surface area contributed by atoms with E-state index in [1.54, 1.807) is 10.3 Å². The number of nitrogens with zero attached hydrogens (tertiary/aromatic N) is 4. The number of rotatable bonds is 5. The first-order valence-electron chi connectivity index (χ1n) is 8.22. The van der Waals surface area contributed by atoms with Gasteiger partial charge in [-0.2, -0.15) is 0 Å². The van der Waals surface area contributed by atoms with Crippen molar-refractivity contribution in [3.8, 4) is 0 Å². The van der Waals surface area contributed by atoms with Gasteiger partial charge < -0.3 is 9.64 Å². The minimum Gasteiger partial charge on any atom is -0.447 e. The van der Waals surface area contributed by atoms with Gasteiger partial charge in [0.25, 0.3) is 5.91 Å². The van der Waals surface area contributed by atoms with Crippen LogP contribution in [0.25, 0.3) is 0 Å². The summed E-state index contributed by atoms with van der Waals surface area (Å²) < 4.78 is 8.99. The topological polar surface area (TPSA) is 75.6 Å². The SMILES string of the molecule is CCCCC1COC(=O)N1C1CCN(C(=O)c2csnn2)CC1. The average molecular weight is 338 g/mol. The van der Waals surface area contributed by atoms with E-state index in [2.05, 4.69) is 16.5 Å². The van der Waals surface area contributed by atoms with Crippen molar-refractivity contribution >= 4 is 23.5 Å². The number of carbonyl (C=O) groups excluding carboxylic acids is 2. The van der Waals surface area contributed by atoms with Crippen LogP contribution in [0.5, 0.6) is 0 Å². The normalized spacial score (nSPS) is 22.5. The smallest absolute Gasteiger partial charge is 0.410 e. The quantitative estimate of drug-likeness (QED) is 0.822. The van der Waals surface area contributed by atoms with Crippen molar-refractivity contribution in [2.45, 2.75) is 51.1 Å². The summed E-state index contributed by atoms with van der Waals surface area (Å²) in [4.78, 5) is 28.1. The number of aromatic nitrogens is 2. The Bertz CT molecular complexity index is 543. The molecule has 0 N–H and O–H groups in total. The second kappa shape index (κ2) is 7.25. The Labute approximate surface area is 139 Å². The third-order valence-corrected chi connectivity index (χ3v) is 5.12. The lowest BCUT2D eigenvalue weighted by atomic mass is 10.00. The molecule has 2 saturated heterocycles. The fourth-order valence-corrected chi connectivity index (χ4v) is 3.78. The van der Waals surface area contributed by atoms with E-state index in [1.165, 1.54) is 11.5 Å². The van der Waals surface area contributed by atoms with Gasteiger partial charge in [-0.1, -0.05) is 24.3 Å². The van der Waals surface area contributed by atoms with Gasteiger partial charge in [-0.3, -0.25) is 9.69 Å². The van der Waals surface area contributed by atoms with Crippen LogP contribution >= 0.6 is 11.5 Å². The summed E-state index contributed by atoms with van der Waals surface area (Å²) in [6.45, 7) is 3.94. The molecule has 1 unspecified atom stereocenters. The zero-order valence-corrected chi connectivity index (χ0v) is 14.1. The minimum atomic E-state index is -0.195. The van der Waals surface area contributed by atoms with Crippen LogP contribution < -0.4 is 0 Å². The molecule has 3 heterocycles. The van der Waals surface area contributed by atoms with Crippen LogP contribution in [0.15, 0.2) is 5.38 Å². The molecular weight excluding hydrogens is 316 g/mol. The fourth-order valence-electron chi connectivity index (χ4n) is 3.35. The van der Waals surface area contributed by atoms with E-state index >= 15 is 0 Å². The molecule has 126 valence electrons. The third-order valence-electron chi connectivity index (χ3n) is 4.62. The Morgan fingerprint density at radius 3 is 2.87 bits per heavy atom. The van der Waals surface area contributed by atoms with Crippen molar-refractivity contribution in [2.24, 2.45) is 0 Å². The standard InChI is InChI=1S/C15H22N4O3S/c1-2-3-4-12-9-22-15(21)19(12)11-5-7-18(8-6-11)14(20)13-10-23-17-16-13/h10-12H,2-9H2,1H3. The van der Waals surface area contributed by atoms with Crippen LogP contribution in [0.4, 0.5) is 4.79 Å². The van der Waals surface area contributed by atoms with Gasteiger partial charge in [0.1, 0.15) is 6.61 Å². The molecule has 2 amide bonds. The van der Waals surface area contributed by atoms with Crippen molar-refractivity contribution in [1.29, 1.82) is 0 Å². The van der Waals surface area contributed by atoms with Gasteiger partial charge in [-0.05, 0) is 30.8 Å². The Morgan fingerprint density at radius 2 is 2.22 bits per heavy atom. The van der Waals surface area contributed by atoms with Crippen LogP contribution in [0, 0.1) is 0 Å². The van der Waals surface area contributed by atoms with Gasteiger partial charge in [0.05, 0.1) is 6.04 Å². The summed E-state index contributed by atoms with van der Waals surface area (Å²) >= 11 is 1.18. The van der Waals surface area contributed by atoms with Crippen LogP contribution in [0.3, 0.4) is 0 Å². The molecule has 0 saturated carbocycles. The van der Waals surface area contributed by atoms with Crippen molar-refractivity contribution in [3.05, 3.63) is 11.1 Å². The largest absolute Gasteiger partial charge is 0.447 e. The van der Waals surface area contributed by atoms with E-state index in [9.17, 15) is 9.59 Å². The number of carbonyl (C=O) groups is 2. The molecule has 0 aromatic carbocycles. The molecule has 7 nitrogen and oxygen atoms in total. The van der Waals surface area contributed by atoms with Gasteiger partial charge in [0.15, 0.2) is 5.69 Å². The zero-order chi connectivity index (χ0) is 16.2. The van der Waals surface area contributed by atoms with Gasteiger partial charge in [0.2, 0.25) is 0 Å². The maximum atomic E-state index is 12.3. The molecule has 1 aromatic heterocycles. The van der Waals surface area contributed by atoms with Crippen molar-refractivity contribution in [2.75, 3.05) is 19.7 Å². The van der Waals surface area contributed by atoms with Gasteiger partial charge in [-0.15, -0.1) is 5.10 Å². The van der Waals surface area contributed by atoms with Crippen molar-refractivity contribution in [1.82, 2.24) is 19.4 Å². The van der Waals surface area contributed by atoms with E-state index in [0.29, 0.717) is 25.4 Å². The predicted molar refractivity (Wildman–Crippen MR) is 85.3 cm³/mol. The summed E-state index contributed by atoms with van der Waals surface area (Å²) in [7, 11) is 0. The molecule has 23 heavy (non-hydrogen) atoms. The zero-order valence-electron chi connectivity index (χ0n) is 13.3. The van der Waals surface area contributed by atoms with Gasteiger partial charge >= 0.3 is 6.09 Å². The van der Waals surface area contributed by atoms with Crippen LogP contribution in [0.2, 0.25) is 0 Å². The number of likely N-dealkylation sites (tertiary alicyclic amines) is 1. The maximum absolute atomic E-state index is 12.3. The molecule has 0 spiro atoms. The lowest BCUT2D eigenvalue weighted by Gasteiger charge is -2.37. The summed E-state index contributed by atoms with van der Waals surface area (Å²) in [6.07, 6.45) is 4.60. The van der Waals surface area contributed by atoms with Crippen molar-refractivity contribution in [3.63, 3.8) is 0 Å². The highest BCUT2D eigenvalue weighted by Crippen LogP contribution is 2.26. The van der Waals surface area contributed by atoms with Gasteiger partial charge in [-0.25, -0.2) is 4.79 Å². The first kappa shape index (κ1) is 16.2. The van der Waals surface area contributed by atoms with Gasteiger partial charge in [0, 0.05) is 24.5 Å². The first-order valence-corrected chi connectivity index (χ1v) is 9.05. The number of ether oxygens (including phenoxy) is 1.